The Morgan fingerprint density at radius 2 is 2.11 bits per heavy atom. The maximum Gasteiger partial charge on any atom is 0.304 e. The Morgan fingerprint density at radius 1 is 1.33 bits per heavy atom. The van der Waals surface area contributed by atoms with Crippen molar-refractivity contribution in [1.29, 1.82) is 0 Å². The topological polar surface area (TPSA) is 92.9 Å². The van der Waals surface area contributed by atoms with Crippen LogP contribution in [0.4, 0.5) is 0 Å². The summed E-state index contributed by atoms with van der Waals surface area (Å²) < 4.78 is 0.471. The lowest BCUT2D eigenvalue weighted by atomic mass is 10.1. The van der Waals surface area contributed by atoms with Gasteiger partial charge in [-0.2, -0.15) is 4.73 Å². The minimum atomic E-state index is -0.442. The predicted molar refractivity (Wildman–Crippen MR) is 65.5 cm³/mol. The third-order valence-electron chi connectivity index (χ3n) is 2.69. The number of aromatic nitrogens is 3. The predicted octanol–water partition coefficient (Wildman–Crippen LogP) is 1.07. The van der Waals surface area contributed by atoms with Crippen LogP contribution in [0.25, 0.3) is 21.8 Å². The average molecular weight is 264 g/mol. The highest BCUT2D eigenvalue weighted by atomic mass is 35.5. The molecule has 0 fully saturated rings. The van der Waals surface area contributed by atoms with E-state index in [1.807, 2.05) is 0 Å². The van der Waals surface area contributed by atoms with Crippen LogP contribution in [-0.4, -0.2) is 15.3 Å². The second kappa shape index (κ2) is 3.58. The normalized spacial score (nSPS) is 11.2. The number of aromatic hydroxyl groups is 1. The van der Waals surface area contributed by atoms with Gasteiger partial charge in [0.25, 0.3) is 5.52 Å². The molecule has 2 aromatic heterocycles. The lowest BCUT2D eigenvalue weighted by Gasteiger charge is -2.06. The smallest absolute Gasteiger partial charge is 0.304 e. The number of nitrogens with zero attached hydrogens (tertiary/aromatic N) is 2. The number of aromatic amines is 1. The molecule has 0 saturated carbocycles. The van der Waals surface area contributed by atoms with Gasteiger partial charge in [-0.25, -0.2) is 0 Å². The van der Waals surface area contributed by atoms with Crippen LogP contribution >= 0.6 is 11.6 Å². The largest absolute Gasteiger partial charge is 0.618 e. The fourth-order valence-corrected chi connectivity index (χ4v) is 2.04. The molecule has 0 atom stereocenters. The van der Waals surface area contributed by atoms with Crippen LogP contribution in [0.2, 0.25) is 5.02 Å². The Hall–Kier alpha value is -2.34. The van der Waals surface area contributed by atoms with E-state index in [-0.39, 0.29) is 16.1 Å². The van der Waals surface area contributed by atoms with E-state index in [0.29, 0.717) is 15.5 Å². The molecule has 0 spiro atoms. The number of rotatable bonds is 0. The highest BCUT2D eigenvalue weighted by molar-refractivity contribution is 6.31. The zero-order valence-corrected chi connectivity index (χ0v) is 9.60. The molecule has 2 heterocycles. The Bertz CT molecular complexity index is 844. The van der Waals surface area contributed by atoms with Crippen LogP contribution in [0, 0.1) is 5.21 Å². The van der Waals surface area contributed by atoms with Crippen LogP contribution in [0.1, 0.15) is 0 Å². The van der Waals surface area contributed by atoms with E-state index in [1.165, 1.54) is 12.3 Å². The zero-order valence-electron chi connectivity index (χ0n) is 8.85. The number of benzene rings is 1. The van der Waals surface area contributed by atoms with Gasteiger partial charge in [-0.1, -0.05) is 11.6 Å². The first-order valence-corrected chi connectivity index (χ1v) is 5.38. The van der Waals surface area contributed by atoms with Crippen molar-refractivity contribution in [3.05, 3.63) is 44.8 Å². The van der Waals surface area contributed by atoms with Crippen LogP contribution in [-0.2, 0) is 0 Å². The fourth-order valence-electron chi connectivity index (χ4n) is 1.87. The molecule has 3 rings (SSSR count). The summed E-state index contributed by atoms with van der Waals surface area (Å²) in [6.07, 6.45) is 1.47. The van der Waals surface area contributed by atoms with Gasteiger partial charge in [0.15, 0.2) is 0 Å². The Kier molecular flexibility index (Phi) is 2.14. The number of halogens is 1. The van der Waals surface area contributed by atoms with Gasteiger partial charge in [0.2, 0.25) is 10.9 Å². The standard InChI is InChI=1S/C11H6ClN3O3/c12-7-2-5-1-6-4-13-14-11(17)10(6)15(18)8(5)3-9(7)16/h1-4,13H,(H,14,17). The third-order valence-corrected chi connectivity index (χ3v) is 2.99. The second-order valence-corrected chi connectivity index (χ2v) is 4.20. The van der Waals surface area contributed by atoms with Gasteiger partial charge >= 0.3 is 5.88 Å². The molecule has 0 amide bonds. The fraction of sp³-hybridized carbons (Fsp3) is 0. The van der Waals surface area contributed by atoms with Gasteiger partial charge in [-0.05, 0) is 12.1 Å². The van der Waals surface area contributed by atoms with Crippen LogP contribution in [0.5, 0.6) is 5.88 Å². The summed E-state index contributed by atoms with van der Waals surface area (Å²) in [5, 5.41) is 28.7. The summed E-state index contributed by atoms with van der Waals surface area (Å²) in [5.74, 6) is -0.424. The lowest BCUT2D eigenvalue weighted by Crippen LogP contribution is -2.29. The van der Waals surface area contributed by atoms with Crippen molar-refractivity contribution in [3.63, 3.8) is 0 Å². The second-order valence-electron chi connectivity index (χ2n) is 3.79. The van der Waals surface area contributed by atoms with Crippen molar-refractivity contribution in [2.24, 2.45) is 0 Å². The molecule has 0 radical (unpaired) electrons. The highest BCUT2D eigenvalue weighted by Crippen LogP contribution is 2.22. The number of fused-ring (bicyclic) bond motifs is 2. The number of nitrogens with one attached hydrogen (secondary N) is 1. The molecule has 0 saturated heterocycles. The maximum atomic E-state index is 12.1. The first kappa shape index (κ1) is 10.8. The molecule has 0 aliphatic carbocycles. The molecule has 2 N–H and O–H groups in total. The van der Waals surface area contributed by atoms with Crippen LogP contribution in [0.3, 0.4) is 0 Å². The summed E-state index contributed by atoms with van der Waals surface area (Å²) in [7, 11) is 0. The number of hydrogen-bond donors (Lipinski definition) is 2. The highest BCUT2D eigenvalue weighted by Gasteiger charge is 2.16. The Balaban J connectivity index is 2.61. The van der Waals surface area contributed by atoms with Crippen molar-refractivity contribution in [3.8, 4) is 5.88 Å². The summed E-state index contributed by atoms with van der Waals surface area (Å²) in [5.41, 5.74) is -0.300. The van der Waals surface area contributed by atoms with Gasteiger partial charge in [0, 0.05) is 6.20 Å². The van der Waals surface area contributed by atoms with Gasteiger partial charge in [0.05, 0.1) is 21.9 Å². The van der Waals surface area contributed by atoms with Gasteiger partial charge < -0.3 is 10.3 Å². The zero-order chi connectivity index (χ0) is 12.9. The van der Waals surface area contributed by atoms with E-state index in [9.17, 15) is 15.1 Å². The molecule has 3 aromatic rings. The van der Waals surface area contributed by atoms with Gasteiger partial charge in [0.1, 0.15) is 0 Å². The summed E-state index contributed by atoms with van der Waals surface area (Å²) >= 11 is 5.73. The summed E-state index contributed by atoms with van der Waals surface area (Å²) in [6, 6.07) is 4.20. The van der Waals surface area contributed by atoms with Crippen molar-refractivity contribution in [1.82, 2.24) is 10.2 Å². The molecule has 90 valence electrons. The summed E-state index contributed by atoms with van der Waals surface area (Å²) in [6.45, 7) is 0. The van der Waals surface area contributed by atoms with Crippen molar-refractivity contribution < 1.29 is 9.84 Å². The Morgan fingerprint density at radius 3 is 2.89 bits per heavy atom. The SMILES string of the molecule is O=c1cc2c(cc1Cl)cc1c[nH]nc(O)c1[n+]2[O-]. The molecule has 0 aliphatic heterocycles. The van der Waals surface area contributed by atoms with Crippen molar-refractivity contribution in [2.45, 2.75) is 0 Å². The van der Waals surface area contributed by atoms with Gasteiger partial charge in [-0.15, -0.1) is 5.10 Å². The van der Waals surface area contributed by atoms with E-state index >= 15 is 0 Å². The molecular weight excluding hydrogens is 258 g/mol. The summed E-state index contributed by atoms with van der Waals surface area (Å²) in [4.78, 5) is 11.4. The van der Waals surface area contributed by atoms with E-state index < -0.39 is 11.3 Å². The van der Waals surface area contributed by atoms with Crippen molar-refractivity contribution in [2.75, 3.05) is 0 Å². The number of hydrogen-bond acceptors (Lipinski definition) is 4. The minimum Gasteiger partial charge on any atom is -0.618 e. The molecule has 0 bridgehead atoms. The molecule has 18 heavy (non-hydrogen) atoms. The van der Waals surface area contributed by atoms with Crippen LogP contribution in [0.15, 0.2) is 29.2 Å². The molecule has 0 aliphatic rings. The Labute approximate surface area is 105 Å². The molecule has 1 aromatic carbocycles. The van der Waals surface area contributed by atoms with E-state index in [0.717, 1.165) is 6.07 Å². The van der Waals surface area contributed by atoms with Crippen LogP contribution < -0.4 is 10.2 Å². The number of H-pyrrole nitrogens is 1. The van der Waals surface area contributed by atoms with E-state index in [2.05, 4.69) is 10.2 Å². The minimum absolute atomic E-state index is 0.00275. The first-order valence-electron chi connectivity index (χ1n) is 5.00. The molecule has 6 nitrogen and oxygen atoms in total. The molecule has 0 unspecified atom stereocenters. The molecular formula is C11H6ClN3O3. The average Bonchev–Trinajstić information content (AvgIpc) is 2.32. The monoisotopic (exact) mass is 263 g/mol. The van der Waals surface area contributed by atoms with Gasteiger partial charge in [-0.3, -0.25) is 9.89 Å². The number of pyridine rings is 1. The molecule has 7 heteroatoms. The van der Waals surface area contributed by atoms with E-state index in [4.69, 9.17) is 11.6 Å². The lowest BCUT2D eigenvalue weighted by molar-refractivity contribution is -0.548. The maximum absolute atomic E-state index is 12.1. The van der Waals surface area contributed by atoms with E-state index in [1.54, 1.807) is 6.07 Å². The third kappa shape index (κ3) is 1.39. The van der Waals surface area contributed by atoms with Crippen molar-refractivity contribution >= 4 is 33.4 Å². The quantitative estimate of drug-likeness (QED) is 0.360. The first-order chi connectivity index (χ1) is 8.58.